The molecule has 0 unspecified atom stereocenters. The number of hydrogen-bond acceptors (Lipinski definition) is 3. The smallest absolute Gasteiger partial charge is 0.195 e. The molecule has 134 valence electrons. The van der Waals surface area contributed by atoms with Crippen LogP contribution in [-0.2, 0) is 16.0 Å². The summed E-state index contributed by atoms with van der Waals surface area (Å²) in [7, 11) is 0. The lowest BCUT2D eigenvalue weighted by atomic mass is 9.87. The van der Waals surface area contributed by atoms with Crippen LogP contribution in [0.4, 0.5) is 0 Å². The van der Waals surface area contributed by atoms with E-state index in [1.165, 1.54) is 0 Å². The van der Waals surface area contributed by atoms with Crippen molar-refractivity contribution in [3.63, 3.8) is 0 Å². The van der Waals surface area contributed by atoms with Crippen molar-refractivity contribution in [3.05, 3.63) is 64.4 Å². The van der Waals surface area contributed by atoms with Gasteiger partial charge in [-0.15, -0.1) is 0 Å². The average molecular weight is 369 g/mol. The number of hydrogen-bond donors (Lipinski definition) is 1. The van der Waals surface area contributed by atoms with Crippen LogP contribution in [0, 0.1) is 0 Å². The predicted molar refractivity (Wildman–Crippen MR) is 103 cm³/mol. The minimum Gasteiger partial charge on any atom is -0.508 e. The summed E-state index contributed by atoms with van der Waals surface area (Å²) in [5.74, 6) is -0.0309. The lowest BCUT2D eigenvalue weighted by Crippen LogP contribution is -2.37. The summed E-state index contributed by atoms with van der Waals surface area (Å²) in [6, 6.07) is 13.7. The Morgan fingerprint density at radius 2 is 1.88 bits per heavy atom. The zero-order valence-electron chi connectivity index (χ0n) is 14.9. The van der Waals surface area contributed by atoms with Crippen LogP contribution in [0.2, 0.25) is 5.02 Å². The molecule has 26 heavy (non-hydrogen) atoms. The molecule has 1 saturated heterocycles. The number of benzene rings is 2. The first-order valence-electron chi connectivity index (χ1n) is 8.98. The molecule has 4 heteroatoms. The van der Waals surface area contributed by atoms with Crippen LogP contribution in [0.15, 0.2) is 48.2 Å². The van der Waals surface area contributed by atoms with Gasteiger partial charge in [0.1, 0.15) is 17.5 Å². The Balaban J connectivity index is 1.82. The molecular weight excluding hydrogens is 348 g/mol. The number of fused-ring (bicyclic) bond motifs is 2. The third-order valence-electron chi connectivity index (χ3n) is 5.50. The van der Waals surface area contributed by atoms with E-state index in [0.717, 1.165) is 28.7 Å². The van der Waals surface area contributed by atoms with Gasteiger partial charge in [0.2, 0.25) is 0 Å². The van der Waals surface area contributed by atoms with Crippen LogP contribution in [0.3, 0.4) is 0 Å². The fraction of sp³-hybridized carbons (Fsp3) is 0.318. The van der Waals surface area contributed by atoms with E-state index in [1.54, 1.807) is 0 Å². The summed E-state index contributed by atoms with van der Waals surface area (Å²) in [4.78, 5) is 12.8. The van der Waals surface area contributed by atoms with E-state index < -0.39 is 11.7 Å². The predicted octanol–water partition coefficient (Wildman–Crippen LogP) is 5.36. The Morgan fingerprint density at radius 1 is 1.19 bits per heavy atom. The zero-order chi connectivity index (χ0) is 18.5. The van der Waals surface area contributed by atoms with Crippen LogP contribution in [0.5, 0.6) is 0 Å². The molecule has 2 aliphatic rings. The monoisotopic (exact) mass is 368 g/mol. The van der Waals surface area contributed by atoms with Crippen molar-refractivity contribution in [1.29, 1.82) is 0 Å². The van der Waals surface area contributed by atoms with Crippen molar-refractivity contribution in [2.75, 3.05) is 0 Å². The van der Waals surface area contributed by atoms with Crippen LogP contribution in [0.1, 0.15) is 37.8 Å². The van der Waals surface area contributed by atoms with Gasteiger partial charge in [0.25, 0.3) is 0 Å². The first-order valence-corrected chi connectivity index (χ1v) is 9.36. The Kier molecular flexibility index (Phi) is 4.17. The molecule has 2 heterocycles. The van der Waals surface area contributed by atoms with Crippen molar-refractivity contribution in [2.45, 2.75) is 44.8 Å². The standard InChI is InChI=1S/C22H21ClO3/c1-3-13-12-15(14-4-7-16(23)8-5-14)6-9-17(13)19-20(24)18-10-11-22(2,26-18)21(19)25/h4-9,12,18,25H,3,10-11H2,1-2H3/t18-,22-/m1/s1. The highest BCUT2D eigenvalue weighted by molar-refractivity contribution is 6.30. The Labute approximate surface area is 158 Å². The van der Waals surface area contributed by atoms with Gasteiger partial charge >= 0.3 is 0 Å². The SMILES string of the molecule is CCc1cc(-c2ccc(Cl)cc2)ccc1C1=C(O)[C@@]2(C)CC[C@@H](O2)C1=O. The van der Waals surface area contributed by atoms with Crippen molar-refractivity contribution in [1.82, 2.24) is 0 Å². The Morgan fingerprint density at radius 3 is 2.58 bits per heavy atom. The fourth-order valence-corrected chi connectivity index (χ4v) is 4.08. The van der Waals surface area contributed by atoms with E-state index >= 15 is 0 Å². The number of aliphatic hydroxyl groups excluding tert-OH is 1. The number of rotatable bonds is 3. The van der Waals surface area contributed by atoms with Crippen molar-refractivity contribution in [2.24, 2.45) is 0 Å². The molecular formula is C22H21ClO3. The lowest BCUT2D eigenvalue weighted by molar-refractivity contribution is -0.130. The van der Waals surface area contributed by atoms with Gasteiger partial charge in [-0.05, 0) is 60.6 Å². The van der Waals surface area contributed by atoms with Crippen molar-refractivity contribution < 1.29 is 14.6 Å². The summed E-state index contributed by atoms with van der Waals surface area (Å²) in [5, 5.41) is 11.5. The topological polar surface area (TPSA) is 46.5 Å². The Hall–Kier alpha value is -2.10. The first-order chi connectivity index (χ1) is 12.4. The number of ketones is 1. The van der Waals surface area contributed by atoms with Gasteiger partial charge in [-0.25, -0.2) is 0 Å². The molecule has 0 aliphatic carbocycles. The Bertz CT molecular complexity index is 913. The second-order valence-electron chi connectivity index (χ2n) is 7.20. The largest absolute Gasteiger partial charge is 0.508 e. The molecule has 1 N–H and O–H groups in total. The van der Waals surface area contributed by atoms with Crippen molar-refractivity contribution in [3.8, 4) is 11.1 Å². The summed E-state index contributed by atoms with van der Waals surface area (Å²) < 4.78 is 5.77. The maximum atomic E-state index is 12.8. The van der Waals surface area contributed by atoms with Gasteiger partial charge in [-0.2, -0.15) is 0 Å². The van der Waals surface area contributed by atoms with Gasteiger partial charge in [0, 0.05) is 5.02 Å². The molecule has 0 aromatic heterocycles. The third kappa shape index (κ3) is 2.67. The molecule has 0 spiro atoms. The highest BCUT2D eigenvalue weighted by Crippen LogP contribution is 2.45. The van der Waals surface area contributed by atoms with Gasteiger partial charge in [0.05, 0.1) is 5.57 Å². The van der Waals surface area contributed by atoms with Gasteiger partial charge in [-0.3, -0.25) is 4.79 Å². The fourth-order valence-electron chi connectivity index (χ4n) is 3.95. The van der Waals surface area contributed by atoms with Crippen LogP contribution in [0.25, 0.3) is 16.7 Å². The second kappa shape index (κ2) is 6.26. The minimum absolute atomic E-state index is 0.0743. The first kappa shape index (κ1) is 17.3. The molecule has 4 rings (SSSR count). The minimum atomic E-state index is -0.742. The van der Waals surface area contributed by atoms with Crippen LogP contribution in [-0.4, -0.2) is 22.6 Å². The van der Waals surface area contributed by atoms with Crippen LogP contribution >= 0.6 is 11.6 Å². The summed E-state index contributed by atoms with van der Waals surface area (Å²) in [6.07, 6.45) is 1.66. The third-order valence-corrected chi connectivity index (χ3v) is 5.75. The molecule has 3 nitrogen and oxygen atoms in total. The van der Waals surface area contributed by atoms with E-state index in [0.29, 0.717) is 23.4 Å². The molecule has 2 aromatic rings. The van der Waals surface area contributed by atoms with Gasteiger partial charge < -0.3 is 9.84 Å². The molecule has 0 radical (unpaired) electrons. The quantitative estimate of drug-likeness (QED) is 0.793. The summed E-state index contributed by atoms with van der Waals surface area (Å²) in [5.41, 5.74) is 3.68. The highest BCUT2D eigenvalue weighted by Gasteiger charge is 2.50. The average Bonchev–Trinajstić information content (AvgIpc) is 3.02. The van der Waals surface area contributed by atoms with E-state index in [1.807, 2.05) is 43.3 Å². The van der Waals surface area contributed by atoms with E-state index in [2.05, 4.69) is 13.0 Å². The van der Waals surface area contributed by atoms with E-state index in [4.69, 9.17) is 16.3 Å². The number of ether oxygens (including phenoxy) is 1. The molecule has 2 aliphatic heterocycles. The van der Waals surface area contributed by atoms with Crippen molar-refractivity contribution >= 4 is 23.0 Å². The van der Waals surface area contributed by atoms with Gasteiger partial charge in [0.15, 0.2) is 5.78 Å². The second-order valence-corrected chi connectivity index (χ2v) is 7.63. The number of halogens is 1. The van der Waals surface area contributed by atoms with Gasteiger partial charge in [-0.1, -0.05) is 48.9 Å². The molecule has 1 fully saturated rings. The number of aryl methyl sites for hydroxylation is 1. The molecule has 2 atom stereocenters. The number of carbonyl (C=O) groups excluding carboxylic acids is 1. The lowest BCUT2D eigenvalue weighted by Gasteiger charge is -2.31. The molecule has 0 amide bonds. The highest BCUT2D eigenvalue weighted by atomic mass is 35.5. The van der Waals surface area contributed by atoms with E-state index in [9.17, 15) is 9.90 Å². The molecule has 2 bridgehead atoms. The number of aliphatic hydroxyl groups is 1. The number of carbonyl (C=O) groups is 1. The number of Topliss-reactive ketones (excluding diaryl/α,β-unsaturated/α-hetero) is 1. The van der Waals surface area contributed by atoms with Crippen LogP contribution < -0.4 is 0 Å². The zero-order valence-corrected chi connectivity index (χ0v) is 15.6. The maximum absolute atomic E-state index is 12.8. The normalized spacial score (nSPS) is 25.0. The summed E-state index contributed by atoms with van der Waals surface area (Å²) in [6.45, 7) is 3.92. The molecule has 2 aromatic carbocycles. The molecule has 0 saturated carbocycles. The summed E-state index contributed by atoms with van der Waals surface area (Å²) >= 11 is 5.98. The maximum Gasteiger partial charge on any atom is 0.195 e. The van der Waals surface area contributed by atoms with E-state index in [-0.39, 0.29) is 11.5 Å².